The van der Waals surface area contributed by atoms with Gasteiger partial charge in [0, 0.05) is 43.2 Å². The molecule has 3 aromatic rings. The maximum absolute atomic E-state index is 6.02. The SMILES string of the molecule is CCCOc1ccc(Oc2ncccc2CN=C(NCC)NCCc2ccccn2)cc1. The number of nitrogens with one attached hydrogen (secondary N) is 2. The third kappa shape index (κ3) is 7.58. The lowest BCUT2D eigenvalue weighted by atomic mass is 10.2. The molecule has 0 amide bonds. The summed E-state index contributed by atoms with van der Waals surface area (Å²) in [6.45, 7) is 6.79. The van der Waals surface area contributed by atoms with Gasteiger partial charge in [-0.3, -0.25) is 4.98 Å². The average Bonchev–Trinajstić information content (AvgIpc) is 2.83. The van der Waals surface area contributed by atoms with Crippen molar-refractivity contribution in [3.63, 3.8) is 0 Å². The molecule has 7 nitrogen and oxygen atoms in total. The van der Waals surface area contributed by atoms with E-state index in [2.05, 4.69) is 27.5 Å². The third-order valence-electron chi connectivity index (χ3n) is 4.51. The molecular formula is C25H31N5O2. The highest BCUT2D eigenvalue weighted by molar-refractivity contribution is 5.79. The van der Waals surface area contributed by atoms with Crippen LogP contribution in [0.4, 0.5) is 0 Å². The largest absolute Gasteiger partial charge is 0.494 e. The van der Waals surface area contributed by atoms with Crippen LogP contribution >= 0.6 is 0 Å². The lowest BCUT2D eigenvalue weighted by molar-refractivity contribution is 0.317. The Bertz CT molecular complexity index is 962. The maximum atomic E-state index is 6.02. The zero-order valence-electron chi connectivity index (χ0n) is 18.8. The molecule has 1 aromatic carbocycles. The molecule has 0 aliphatic heterocycles. The molecule has 0 aliphatic rings. The number of nitrogens with zero attached hydrogens (tertiary/aromatic N) is 3. The van der Waals surface area contributed by atoms with Gasteiger partial charge in [0.2, 0.25) is 5.88 Å². The van der Waals surface area contributed by atoms with Crippen molar-refractivity contribution in [1.82, 2.24) is 20.6 Å². The number of aliphatic imine (C=N–C) groups is 1. The normalized spacial score (nSPS) is 11.1. The van der Waals surface area contributed by atoms with Gasteiger partial charge in [0.1, 0.15) is 11.5 Å². The summed E-state index contributed by atoms with van der Waals surface area (Å²) in [5.74, 6) is 2.83. The van der Waals surface area contributed by atoms with Gasteiger partial charge in [-0.1, -0.05) is 19.1 Å². The Morgan fingerprint density at radius 2 is 1.72 bits per heavy atom. The van der Waals surface area contributed by atoms with Crippen molar-refractivity contribution in [2.75, 3.05) is 19.7 Å². The minimum Gasteiger partial charge on any atom is -0.494 e. The van der Waals surface area contributed by atoms with Crippen molar-refractivity contribution >= 4 is 5.96 Å². The van der Waals surface area contributed by atoms with Crippen LogP contribution in [-0.4, -0.2) is 35.6 Å². The zero-order valence-corrected chi connectivity index (χ0v) is 18.8. The smallest absolute Gasteiger partial charge is 0.224 e. The van der Waals surface area contributed by atoms with Crippen molar-refractivity contribution in [2.24, 2.45) is 4.99 Å². The number of guanidine groups is 1. The van der Waals surface area contributed by atoms with Crippen LogP contribution in [0.15, 0.2) is 72.0 Å². The Balaban J connectivity index is 1.60. The van der Waals surface area contributed by atoms with E-state index in [1.165, 1.54) is 0 Å². The summed E-state index contributed by atoms with van der Waals surface area (Å²) in [6, 6.07) is 17.4. The highest BCUT2D eigenvalue weighted by atomic mass is 16.5. The van der Waals surface area contributed by atoms with Gasteiger partial charge >= 0.3 is 0 Å². The molecule has 0 spiro atoms. The second kappa shape index (κ2) is 12.9. The van der Waals surface area contributed by atoms with E-state index in [4.69, 9.17) is 14.5 Å². The standard InChI is InChI=1S/C25H31N5O2/c1-3-18-31-22-10-12-23(13-11-22)32-24-20(8-7-16-28-24)19-30-25(26-4-2)29-17-14-21-9-5-6-15-27-21/h5-13,15-16H,3-4,14,17-19H2,1-2H3,(H2,26,29,30). The Kier molecular flexibility index (Phi) is 9.33. The van der Waals surface area contributed by atoms with Crippen LogP contribution in [0, 0.1) is 0 Å². The zero-order chi connectivity index (χ0) is 22.4. The number of pyridine rings is 2. The highest BCUT2D eigenvalue weighted by Gasteiger charge is 2.07. The van der Waals surface area contributed by atoms with Crippen LogP contribution in [0.25, 0.3) is 0 Å². The molecule has 0 bridgehead atoms. The van der Waals surface area contributed by atoms with E-state index in [0.29, 0.717) is 24.8 Å². The number of hydrogen-bond donors (Lipinski definition) is 2. The molecule has 0 unspecified atom stereocenters. The molecule has 0 radical (unpaired) electrons. The van der Waals surface area contributed by atoms with Crippen LogP contribution in [0.1, 0.15) is 31.5 Å². The Labute approximate surface area is 189 Å². The van der Waals surface area contributed by atoms with E-state index in [0.717, 1.165) is 48.9 Å². The van der Waals surface area contributed by atoms with Crippen LogP contribution in [-0.2, 0) is 13.0 Å². The molecule has 3 rings (SSSR count). The quantitative estimate of drug-likeness (QED) is 0.346. The summed E-state index contributed by atoms with van der Waals surface area (Å²) in [4.78, 5) is 13.5. The average molecular weight is 434 g/mol. The number of ether oxygens (including phenoxy) is 2. The fraction of sp³-hybridized carbons (Fsp3) is 0.320. The first-order valence-corrected chi connectivity index (χ1v) is 11.0. The van der Waals surface area contributed by atoms with Gasteiger partial charge in [-0.2, -0.15) is 0 Å². The lowest BCUT2D eigenvalue weighted by Gasteiger charge is -2.12. The Morgan fingerprint density at radius 1 is 0.906 bits per heavy atom. The summed E-state index contributed by atoms with van der Waals surface area (Å²) < 4.78 is 11.6. The van der Waals surface area contributed by atoms with E-state index < -0.39 is 0 Å². The van der Waals surface area contributed by atoms with Gasteiger partial charge in [-0.05, 0) is 55.8 Å². The van der Waals surface area contributed by atoms with Gasteiger partial charge in [-0.15, -0.1) is 0 Å². The molecule has 7 heteroatoms. The fourth-order valence-electron chi connectivity index (χ4n) is 2.93. The van der Waals surface area contributed by atoms with Crippen molar-refractivity contribution in [3.05, 3.63) is 78.2 Å². The van der Waals surface area contributed by atoms with Crippen molar-refractivity contribution in [3.8, 4) is 17.4 Å². The molecule has 168 valence electrons. The van der Waals surface area contributed by atoms with Crippen LogP contribution in [0.2, 0.25) is 0 Å². The number of aromatic nitrogens is 2. The predicted octanol–water partition coefficient (Wildman–Crippen LogP) is 4.36. The highest BCUT2D eigenvalue weighted by Crippen LogP contribution is 2.25. The van der Waals surface area contributed by atoms with E-state index >= 15 is 0 Å². The van der Waals surface area contributed by atoms with Gasteiger partial charge < -0.3 is 20.1 Å². The van der Waals surface area contributed by atoms with Crippen molar-refractivity contribution < 1.29 is 9.47 Å². The molecule has 0 saturated heterocycles. The van der Waals surface area contributed by atoms with Crippen molar-refractivity contribution in [2.45, 2.75) is 33.2 Å². The number of benzene rings is 1. The van der Waals surface area contributed by atoms with Crippen LogP contribution < -0.4 is 20.1 Å². The molecule has 2 heterocycles. The van der Waals surface area contributed by atoms with E-state index in [-0.39, 0.29) is 0 Å². The minimum atomic E-state index is 0.444. The summed E-state index contributed by atoms with van der Waals surface area (Å²) in [5, 5.41) is 6.63. The first kappa shape index (κ1) is 23.1. The summed E-state index contributed by atoms with van der Waals surface area (Å²) in [5.41, 5.74) is 1.95. The van der Waals surface area contributed by atoms with Crippen LogP contribution in [0.3, 0.4) is 0 Å². The summed E-state index contributed by atoms with van der Waals surface area (Å²) in [6.07, 6.45) is 5.33. The van der Waals surface area contributed by atoms with Crippen LogP contribution in [0.5, 0.6) is 17.4 Å². The second-order valence-corrected chi connectivity index (χ2v) is 7.08. The molecular weight excluding hydrogens is 402 g/mol. The van der Waals surface area contributed by atoms with E-state index in [1.807, 2.05) is 67.7 Å². The molecule has 0 atom stereocenters. The minimum absolute atomic E-state index is 0.444. The molecule has 0 fully saturated rings. The Morgan fingerprint density at radius 3 is 2.47 bits per heavy atom. The molecule has 2 N–H and O–H groups in total. The topological polar surface area (TPSA) is 80.7 Å². The number of rotatable bonds is 11. The van der Waals surface area contributed by atoms with Gasteiger partial charge in [0.05, 0.1) is 13.2 Å². The van der Waals surface area contributed by atoms with Gasteiger partial charge in [0.25, 0.3) is 0 Å². The third-order valence-corrected chi connectivity index (χ3v) is 4.51. The second-order valence-electron chi connectivity index (χ2n) is 7.08. The summed E-state index contributed by atoms with van der Waals surface area (Å²) in [7, 11) is 0. The predicted molar refractivity (Wildman–Crippen MR) is 127 cm³/mol. The van der Waals surface area contributed by atoms with Gasteiger partial charge in [-0.25, -0.2) is 9.98 Å². The summed E-state index contributed by atoms with van der Waals surface area (Å²) >= 11 is 0. The number of hydrogen-bond acceptors (Lipinski definition) is 5. The van der Waals surface area contributed by atoms with E-state index in [1.54, 1.807) is 6.20 Å². The van der Waals surface area contributed by atoms with E-state index in [9.17, 15) is 0 Å². The van der Waals surface area contributed by atoms with Crippen molar-refractivity contribution in [1.29, 1.82) is 0 Å². The maximum Gasteiger partial charge on any atom is 0.224 e. The fourth-order valence-corrected chi connectivity index (χ4v) is 2.93. The van der Waals surface area contributed by atoms with Gasteiger partial charge in [0.15, 0.2) is 5.96 Å². The molecule has 0 aliphatic carbocycles. The molecule has 32 heavy (non-hydrogen) atoms. The first-order valence-electron chi connectivity index (χ1n) is 11.0. The monoisotopic (exact) mass is 433 g/mol. The Hall–Kier alpha value is -3.61. The first-order chi connectivity index (χ1) is 15.8. The lowest BCUT2D eigenvalue weighted by Crippen LogP contribution is -2.38. The molecule has 2 aromatic heterocycles. The molecule has 0 saturated carbocycles.